The van der Waals surface area contributed by atoms with Gasteiger partial charge in [0.05, 0.1) is 13.3 Å². The number of halogens is 1. The van der Waals surface area contributed by atoms with Gasteiger partial charge in [-0.3, -0.25) is 4.79 Å². The fourth-order valence-electron chi connectivity index (χ4n) is 1.57. The number of hydrogen-bond donors (Lipinski definition) is 1. The minimum Gasteiger partial charge on any atom is -0.497 e. The van der Waals surface area contributed by atoms with Crippen molar-refractivity contribution in [3.8, 4) is 5.75 Å². The summed E-state index contributed by atoms with van der Waals surface area (Å²) in [7, 11) is 1.52. The van der Waals surface area contributed by atoms with Crippen LogP contribution < -0.4 is 10.2 Å². The molecule has 5 heteroatoms. The number of benzene rings is 2. The van der Waals surface area contributed by atoms with E-state index in [0.29, 0.717) is 16.9 Å². The summed E-state index contributed by atoms with van der Waals surface area (Å²) in [6, 6.07) is 12.8. The zero-order chi connectivity index (χ0) is 14.4. The molecule has 2 aromatic carbocycles. The van der Waals surface area contributed by atoms with Crippen molar-refractivity contribution in [1.29, 1.82) is 0 Å². The number of nitrogens with zero attached hydrogens (tertiary/aromatic N) is 1. The maximum absolute atomic E-state index is 13.3. The van der Waals surface area contributed by atoms with E-state index in [0.717, 1.165) is 0 Å². The van der Waals surface area contributed by atoms with Crippen LogP contribution in [0.1, 0.15) is 15.9 Å². The van der Waals surface area contributed by atoms with Crippen LogP contribution in [0.15, 0.2) is 53.6 Å². The van der Waals surface area contributed by atoms with E-state index in [2.05, 4.69) is 10.5 Å². The molecule has 102 valence electrons. The van der Waals surface area contributed by atoms with Crippen molar-refractivity contribution < 1.29 is 13.9 Å². The molecule has 20 heavy (non-hydrogen) atoms. The first-order valence-electron chi connectivity index (χ1n) is 5.92. The summed E-state index contributed by atoms with van der Waals surface area (Å²) in [4.78, 5) is 11.8. The van der Waals surface area contributed by atoms with Crippen molar-refractivity contribution >= 4 is 12.1 Å². The summed E-state index contributed by atoms with van der Waals surface area (Å²) in [5.41, 5.74) is 3.05. The lowest BCUT2D eigenvalue weighted by molar-refractivity contribution is 0.0955. The average molecular weight is 272 g/mol. The van der Waals surface area contributed by atoms with Crippen LogP contribution in [0.5, 0.6) is 5.75 Å². The molecule has 2 rings (SSSR count). The van der Waals surface area contributed by atoms with Gasteiger partial charge in [-0.25, -0.2) is 9.82 Å². The third kappa shape index (κ3) is 3.41. The molecule has 0 aromatic heterocycles. The first-order valence-corrected chi connectivity index (χ1v) is 5.92. The van der Waals surface area contributed by atoms with E-state index in [4.69, 9.17) is 4.74 Å². The van der Waals surface area contributed by atoms with Crippen molar-refractivity contribution in [2.45, 2.75) is 0 Å². The highest BCUT2D eigenvalue weighted by Gasteiger charge is 2.05. The number of rotatable bonds is 4. The fraction of sp³-hybridized carbons (Fsp3) is 0.0667. The van der Waals surface area contributed by atoms with Crippen molar-refractivity contribution in [3.05, 3.63) is 65.5 Å². The maximum atomic E-state index is 13.3. The molecular formula is C15H13FN2O2. The molecule has 0 aliphatic rings. The number of methoxy groups -OCH3 is 1. The third-order valence-corrected chi connectivity index (χ3v) is 2.61. The normalized spacial score (nSPS) is 10.5. The maximum Gasteiger partial charge on any atom is 0.271 e. The van der Waals surface area contributed by atoms with Gasteiger partial charge in [0.1, 0.15) is 11.6 Å². The van der Waals surface area contributed by atoms with Gasteiger partial charge in [-0.05, 0) is 24.3 Å². The van der Waals surface area contributed by atoms with Crippen LogP contribution in [0, 0.1) is 5.82 Å². The van der Waals surface area contributed by atoms with Crippen LogP contribution in [0.25, 0.3) is 0 Å². The molecule has 0 spiro atoms. The predicted molar refractivity (Wildman–Crippen MR) is 74.5 cm³/mol. The second kappa shape index (κ2) is 6.47. The zero-order valence-corrected chi connectivity index (χ0v) is 10.8. The number of carbonyl (C=O) groups excluding carboxylic acids is 1. The smallest absolute Gasteiger partial charge is 0.271 e. The molecule has 1 N–H and O–H groups in total. The van der Waals surface area contributed by atoms with Gasteiger partial charge in [-0.15, -0.1) is 0 Å². The lowest BCUT2D eigenvalue weighted by atomic mass is 10.2. The molecule has 0 atom stereocenters. The second-order valence-electron chi connectivity index (χ2n) is 3.95. The molecule has 4 nitrogen and oxygen atoms in total. The Bertz CT molecular complexity index is 641. The van der Waals surface area contributed by atoms with Gasteiger partial charge in [0, 0.05) is 11.1 Å². The summed E-state index contributed by atoms with van der Waals surface area (Å²) in [6.45, 7) is 0. The van der Waals surface area contributed by atoms with Gasteiger partial charge in [-0.1, -0.05) is 24.3 Å². The van der Waals surface area contributed by atoms with Crippen LogP contribution >= 0.6 is 0 Å². The SMILES string of the molecule is COc1cccc(C(=O)N/N=C/c2ccccc2F)c1. The van der Waals surface area contributed by atoms with E-state index in [-0.39, 0.29) is 0 Å². The molecule has 0 bridgehead atoms. The Hall–Kier alpha value is -2.69. The lowest BCUT2D eigenvalue weighted by Crippen LogP contribution is -2.17. The van der Waals surface area contributed by atoms with E-state index in [9.17, 15) is 9.18 Å². The van der Waals surface area contributed by atoms with Crippen molar-refractivity contribution in [3.63, 3.8) is 0 Å². The summed E-state index contributed by atoms with van der Waals surface area (Å²) in [6.07, 6.45) is 1.26. The predicted octanol–water partition coefficient (Wildman–Crippen LogP) is 2.60. The molecule has 0 aliphatic heterocycles. The number of ether oxygens (including phenoxy) is 1. The van der Waals surface area contributed by atoms with Crippen LogP contribution in [-0.4, -0.2) is 19.2 Å². The molecule has 0 radical (unpaired) electrons. The monoisotopic (exact) mass is 272 g/mol. The molecule has 0 unspecified atom stereocenters. The summed E-state index contributed by atoms with van der Waals surface area (Å²) in [5, 5.41) is 3.73. The Morgan fingerprint density at radius 2 is 2.05 bits per heavy atom. The fourth-order valence-corrected chi connectivity index (χ4v) is 1.57. The van der Waals surface area contributed by atoms with Crippen molar-refractivity contribution in [2.24, 2.45) is 5.10 Å². The first-order chi connectivity index (χ1) is 9.70. The largest absolute Gasteiger partial charge is 0.497 e. The summed E-state index contributed by atoms with van der Waals surface area (Å²) in [5.74, 6) is -0.209. The zero-order valence-electron chi connectivity index (χ0n) is 10.8. The van der Waals surface area contributed by atoms with Crippen molar-refractivity contribution in [2.75, 3.05) is 7.11 Å². The summed E-state index contributed by atoms with van der Waals surface area (Å²) < 4.78 is 18.3. The molecule has 0 saturated carbocycles. The Labute approximate surface area is 115 Å². The first kappa shape index (κ1) is 13.7. The van der Waals surface area contributed by atoms with Gasteiger partial charge in [0.2, 0.25) is 0 Å². The average Bonchev–Trinajstić information content (AvgIpc) is 2.49. The lowest BCUT2D eigenvalue weighted by Gasteiger charge is -2.03. The van der Waals surface area contributed by atoms with E-state index < -0.39 is 11.7 Å². The number of carbonyl (C=O) groups is 1. The quantitative estimate of drug-likeness (QED) is 0.687. The standard InChI is InChI=1S/C15H13FN2O2/c1-20-13-7-4-6-11(9-13)15(19)18-17-10-12-5-2-3-8-14(12)16/h2-10H,1H3,(H,18,19)/b17-10+. The van der Waals surface area contributed by atoms with Gasteiger partial charge in [0.15, 0.2) is 0 Å². The van der Waals surface area contributed by atoms with Gasteiger partial charge >= 0.3 is 0 Å². The Morgan fingerprint density at radius 3 is 2.80 bits per heavy atom. The molecular weight excluding hydrogens is 259 g/mol. The van der Waals surface area contributed by atoms with Crippen LogP contribution in [0.2, 0.25) is 0 Å². The van der Waals surface area contributed by atoms with E-state index in [1.165, 1.54) is 19.4 Å². The van der Waals surface area contributed by atoms with E-state index >= 15 is 0 Å². The summed E-state index contributed by atoms with van der Waals surface area (Å²) >= 11 is 0. The van der Waals surface area contributed by atoms with Crippen LogP contribution in [0.3, 0.4) is 0 Å². The molecule has 2 aromatic rings. The minimum atomic E-state index is -0.396. The number of hydrazone groups is 1. The van der Waals surface area contributed by atoms with Crippen LogP contribution in [0.4, 0.5) is 4.39 Å². The number of amides is 1. The van der Waals surface area contributed by atoms with E-state index in [1.54, 1.807) is 42.5 Å². The molecule has 0 fully saturated rings. The Kier molecular flexibility index (Phi) is 4.44. The topological polar surface area (TPSA) is 50.7 Å². The second-order valence-corrected chi connectivity index (χ2v) is 3.95. The molecule has 0 heterocycles. The van der Waals surface area contributed by atoms with E-state index in [1.807, 2.05) is 0 Å². The van der Waals surface area contributed by atoms with Gasteiger partial charge in [0.25, 0.3) is 5.91 Å². The minimum absolute atomic E-state index is 0.304. The highest BCUT2D eigenvalue weighted by molar-refractivity contribution is 5.95. The third-order valence-electron chi connectivity index (χ3n) is 2.61. The molecule has 0 saturated heterocycles. The Morgan fingerprint density at radius 1 is 1.25 bits per heavy atom. The van der Waals surface area contributed by atoms with Gasteiger partial charge < -0.3 is 4.74 Å². The highest BCUT2D eigenvalue weighted by atomic mass is 19.1. The number of nitrogens with one attached hydrogen (secondary N) is 1. The molecule has 1 amide bonds. The van der Waals surface area contributed by atoms with Crippen LogP contribution in [-0.2, 0) is 0 Å². The molecule has 0 aliphatic carbocycles. The highest BCUT2D eigenvalue weighted by Crippen LogP contribution is 2.12. The number of hydrogen-bond acceptors (Lipinski definition) is 3. The Balaban J connectivity index is 2.03. The van der Waals surface area contributed by atoms with Gasteiger partial charge in [-0.2, -0.15) is 5.10 Å². The van der Waals surface area contributed by atoms with Crippen molar-refractivity contribution in [1.82, 2.24) is 5.43 Å².